The first-order valence-electron chi connectivity index (χ1n) is 5.75. The van der Waals surface area contributed by atoms with Gasteiger partial charge in [-0.3, -0.25) is 4.79 Å². The van der Waals surface area contributed by atoms with E-state index in [2.05, 4.69) is 31.0 Å². The summed E-state index contributed by atoms with van der Waals surface area (Å²) in [4.78, 5) is 13.8. The smallest absolute Gasteiger partial charge is 0.226 e. The highest BCUT2D eigenvalue weighted by Crippen LogP contribution is 2.35. The Hall–Kier alpha value is -1.22. The lowest BCUT2D eigenvalue weighted by Gasteiger charge is -2.37. The fourth-order valence-corrected chi connectivity index (χ4v) is 2.24. The van der Waals surface area contributed by atoms with Crippen molar-refractivity contribution in [3.63, 3.8) is 0 Å². The van der Waals surface area contributed by atoms with Crippen molar-refractivity contribution in [2.24, 2.45) is 0 Å². The first kappa shape index (κ1) is 12.2. The average Bonchev–Trinajstić information content (AvgIpc) is 2.35. The van der Waals surface area contributed by atoms with Gasteiger partial charge in [0.05, 0.1) is 11.4 Å². The van der Waals surface area contributed by atoms with Crippen molar-refractivity contribution < 1.29 is 4.79 Å². The van der Waals surface area contributed by atoms with Gasteiger partial charge in [-0.05, 0) is 39.0 Å². The molecular weight excluding hydrogens is 236 g/mol. The van der Waals surface area contributed by atoms with Crippen molar-refractivity contribution in [2.75, 3.05) is 16.8 Å². The quantitative estimate of drug-likeness (QED) is 0.769. The van der Waals surface area contributed by atoms with Gasteiger partial charge in [-0.15, -0.1) is 0 Å². The number of benzene rings is 1. The van der Waals surface area contributed by atoms with E-state index in [1.165, 1.54) is 0 Å². The first-order valence-corrected chi connectivity index (χ1v) is 6.13. The largest absolute Gasteiger partial charge is 0.364 e. The van der Waals surface area contributed by atoms with Crippen LogP contribution in [0.1, 0.15) is 27.2 Å². The standard InChI is InChI=1S/C13H17ClN2O/c1-13(2,3)16-7-6-12(17)15-10-5-4-9(14)8-11(10)16/h4-5,8H,6-7H2,1-3H3,(H,15,17). The van der Waals surface area contributed by atoms with Crippen LogP contribution in [0.4, 0.5) is 11.4 Å². The number of hydrogen-bond donors (Lipinski definition) is 1. The van der Waals surface area contributed by atoms with E-state index in [1.54, 1.807) is 6.07 Å². The SMILES string of the molecule is CC(C)(C)N1CCC(=O)Nc2ccc(Cl)cc21. The van der Waals surface area contributed by atoms with Gasteiger partial charge in [0.25, 0.3) is 0 Å². The molecule has 0 saturated heterocycles. The van der Waals surface area contributed by atoms with Crippen LogP contribution in [0.2, 0.25) is 5.02 Å². The maximum Gasteiger partial charge on any atom is 0.226 e. The minimum atomic E-state index is -0.0360. The van der Waals surface area contributed by atoms with E-state index in [-0.39, 0.29) is 11.4 Å². The van der Waals surface area contributed by atoms with Crippen LogP contribution >= 0.6 is 11.6 Å². The Morgan fingerprint density at radius 1 is 1.35 bits per heavy atom. The molecule has 1 heterocycles. The van der Waals surface area contributed by atoms with Crippen molar-refractivity contribution in [1.29, 1.82) is 0 Å². The molecular formula is C13H17ClN2O. The van der Waals surface area contributed by atoms with Gasteiger partial charge < -0.3 is 10.2 Å². The van der Waals surface area contributed by atoms with E-state index < -0.39 is 0 Å². The average molecular weight is 253 g/mol. The van der Waals surface area contributed by atoms with Crippen molar-refractivity contribution >= 4 is 28.9 Å². The molecule has 0 saturated carbocycles. The van der Waals surface area contributed by atoms with Gasteiger partial charge in [0, 0.05) is 23.5 Å². The zero-order chi connectivity index (χ0) is 12.6. The molecule has 1 aromatic rings. The molecule has 3 nitrogen and oxygen atoms in total. The second kappa shape index (κ2) is 4.22. The summed E-state index contributed by atoms with van der Waals surface area (Å²) in [5, 5.41) is 3.60. The molecule has 0 aliphatic carbocycles. The fraction of sp³-hybridized carbons (Fsp3) is 0.462. The monoisotopic (exact) mass is 252 g/mol. The van der Waals surface area contributed by atoms with Crippen LogP contribution in [-0.2, 0) is 4.79 Å². The molecule has 92 valence electrons. The summed E-state index contributed by atoms with van der Waals surface area (Å²) in [6.45, 7) is 7.11. The van der Waals surface area contributed by atoms with Crippen molar-refractivity contribution in [1.82, 2.24) is 0 Å². The summed E-state index contributed by atoms with van der Waals surface area (Å²) in [6, 6.07) is 5.57. The molecule has 0 unspecified atom stereocenters. The van der Waals surface area contributed by atoms with Gasteiger partial charge in [-0.25, -0.2) is 0 Å². The highest BCUT2D eigenvalue weighted by molar-refractivity contribution is 6.31. The van der Waals surface area contributed by atoms with Crippen LogP contribution in [0, 0.1) is 0 Å². The summed E-state index contributed by atoms with van der Waals surface area (Å²) in [5.41, 5.74) is 1.80. The number of fused-ring (bicyclic) bond motifs is 1. The highest BCUT2D eigenvalue weighted by Gasteiger charge is 2.27. The van der Waals surface area contributed by atoms with Gasteiger partial charge in [0.15, 0.2) is 0 Å². The number of rotatable bonds is 0. The number of carbonyl (C=O) groups is 1. The van der Waals surface area contributed by atoms with Gasteiger partial charge in [0.2, 0.25) is 5.91 Å². The van der Waals surface area contributed by atoms with Crippen LogP contribution < -0.4 is 10.2 Å². The normalized spacial score (nSPS) is 16.2. The number of nitrogens with one attached hydrogen (secondary N) is 1. The molecule has 0 atom stereocenters. The lowest BCUT2D eigenvalue weighted by Crippen LogP contribution is -2.42. The molecule has 0 aromatic heterocycles. The summed E-state index contributed by atoms with van der Waals surface area (Å²) >= 11 is 6.04. The third-order valence-electron chi connectivity index (χ3n) is 2.90. The Kier molecular flexibility index (Phi) is 3.04. The van der Waals surface area contributed by atoms with Crippen LogP contribution in [0.25, 0.3) is 0 Å². The third-order valence-corrected chi connectivity index (χ3v) is 3.13. The van der Waals surface area contributed by atoms with E-state index in [9.17, 15) is 4.79 Å². The predicted octanol–water partition coefficient (Wildman–Crippen LogP) is 3.29. The Morgan fingerprint density at radius 3 is 2.71 bits per heavy atom. The van der Waals surface area contributed by atoms with Gasteiger partial charge in [-0.2, -0.15) is 0 Å². The third kappa shape index (κ3) is 2.55. The van der Waals surface area contributed by atoms with Crippen LogP contribution in [0.3, 0.4) is 0 Å². The second-order valence-electron chi connectivity index (χ2n) is 5.28. The first-order chi connectivity index (χ1) is 7.88. The lowest BCUT2D eigenvalue weighted by molar-refractivity contribution is -0.116. The fourth-order valence-electron chi connectivity index (χ4n) is 2.08. The number of amides is 1. The van der Waals surface area contributed by atoms with E-state index in [4.69, 9.17) is 11.6 Å². The maximum atomic E-state index is 11.6. The predicted molar refractivity (Wildman–Crippen MR) is 71.8 cm³/mol. The summed E-state index contributed by atoms with van der Waals surface area (Å²) in [5.74, 6) is 0.0559. The second-order valence-corrected chi connectivity index (χ2v) is 5.72. The number of nitrogens with zero attached hydrogens (tertiary/aromatic N) is 1. The summed E-state index contributed by atoms with van der Waals surface area (Å²) in [7, 11) is 0. The molecule has 0 radical (unpaired) electrons. The number of carbonyl (C=O) groups excluding carboxylic acids is 1. The van der Waals surface area contributed by atoms with Crippen LogP contribution in [0.5, 0.6) is 0 Å². The van der Waals surface area contributed by atoms with E-state index in [0.29, 0.717) is 18.0 Å². The Bertz CT molecular complexity index is 451. The Morgan fingerprint density at radius 2 is 2.06 bits per heavy atom. The molecule has 1 amide bonds. The molecule has 2 rings (SSSR count). The molecule has 0 spiro atoms. The minimum Gasteiger partial charge on any atom is -0.364 e. The minimum absolute atomic E-state index is 0.0360. The summed E-state index contributed by atoms with van der Waals surface area (Å²) in [6.07, 6.45) is 0.504. The molecule has 4 heteroatoms. The lowest BCUT2D eigenvalue weighted by atomic mass is 10.0. The van der Waals surface area contributed by atoms with Gasteiger partial charge in [0.1, 0.15) is 0 Å². The number of hydrogen-bond acceptors (Lipinski definition) is 2. The molecule has 0 fully saturated rings. The molecule has 1 aliphatic rings. The van der Waals surface area contributed by atoms with E-state index >= 15 is 0 Å². The van der Waals surface area contributed by atoms with Crippen molar-refractivity contribution in [2.45, 2.75) is 32.7 Å². The number of anilines is 2. The van der Waals surface area contributed by atoms with E-state index in [0.717, 1.165) is 11.4 Å². The van der Waals surface area contributed by atoms with Crippen molar-refractivity contribution in [3.05, 3.63) is 23.2 Å². The van der Waals surface area contributed by atoms with E-state index in [1.807, 2.05) is 12.1 Å². The zero-order valence-electron chi connectivity index (χ0n) is 10.4. The Labute approximate surface area is 107 Å². The maximum absolute atomic E-state index is 11.6. The number of halogens is 1. The molecule has 17 heavy (non-hydrogen) atoms. The topological polar surface area (TPSA) is 32.3 Å². The van der Waals surface area contributed by atoms with Gasteiger partial charge >= 0.3 is 0 Å². The zero-order valence-corrected chi connectivity index (χ0v) is 11.1. The summed E-state index contributed by atoms with van der Waals surface area (Å²) < 4.78 is 0. The van der Waals surface area contributed by atoms with Crippen molar-refractivity contribution in [3.8, 4) is 0 Å². The Balaban J connectivity index is 2.52. The molecule has 0 bridgehead atoms. The molecule has 1 N–H and O–H groups in total. The van der Waals surface area contributed by atoms with Crippen LogP contribution in [-0.4, -0.2) is 18.0 Å². The molecule has 1 aliphatic heterocycles. The van der Waals surface area contributed by atoms with Gasteiger partial charge in [-0.1, -0.05) is 11.6 Å². The highest BCUT2D eigenvalue weighted by atomic mass is 35.5. The van der Waals surface area contributed by atoms with Crippen LogP contribution in [0.15, 0.2) is 18.2 Å². The molecule has 1 aromatic carbocycles.